The molecule has 1 aromatic carbocycles. The third kappa shape index (κ3) is 5.79. The van der Waals surface area contributed by atoms with Crippen LogP contribution in [-0.4, -0.2) is 32.8 Å². The minimum Gasteiger partial charge on any atom is -0.467 e. The van der Waals surface area contributed by atoms with Gasteiger partial charge in [-0.2, -0.15) is 0 Å². The van der Waals surface area contributed by atoms with E-state index >= 15 is 0 Å². The molecule has 0 aliphatic carbocycles. The van der Waals surface area contributed by atoms with Gasteiger partial charge < -0.3 is 19.2 Å². The monoisotopic (exact) mass is 480 g/mol. The van der Waals surface area contributed by atoms with Crippen LogP contribution in [0.15, 0.2) is 70.8 Å². The van der Waals surface area contributed by atoms with Crippen molar-refractivity contribution in [1.82, 2.24) is 19.8 Å². The fourth-order valence-electron chi connectivity index (χ4n) is 3.54. The van der Waals surface area contributed by atoms with Crippen molar-refractivity contribution in [1.29, 1.82) is 0 Å². The molecule has 0 aliphatic rings. The van der Waals surface area contributed by atoms with Crippen LogP contribution < -0.4 is 5.32 Å². The molecule has 2 amide bonds. The second-order valence-electron chi connectivity index (χ2n) is 7.75. The van der Waals surface area contributed by atoms with Crippen LogP contribution in [0, 0.1) is 5.82 Å². The SMILES string of the molecule is CCCN(Cc1cccn1Cc1nc(C(=O)NCc2ccco2)cs1)C(=O)c1ccc(F)cc1. The van der Waals surface area contributed by atoms with Crippen molar-refractivity contribution >= 4 is 23.2 Å². The van der Waals surface area contributed by atoms with Crippen LogP contribution in [0.3, 0.4) is 0 Å². The van der Waals surface area contributed by atoms with E-state index in [1.165, 1.54) is 35.6 Å². The summed E-state index contributed by atoms with van der Waals surface area (Å²) in [7, 11) is 0. The zero-order valence-corrected chi connectivity index (χ0v) is 19.6. The molecule has 0 aliphatic heterocycles. The van der Waals surface area contributed by atoms with Crippen LogP contribution >= 0.6 is 11.3 Å². The summed E-state index contributed by atoms with van der Waals surface area (Å²) in [5, 5.41) is 5.31. The fourth-order valence-corrected chi connectivity index (χ4v) is 4.32. The maximum atomic E-state index is 13.3. The number of furan rings is 1. The molecule has 4 aromatic rings. The molecule has 9 heteroatoms. The summed E-state index contributed by atoms with van der Waals surface area (Å²) >= 11 is 1.41. The summed E-state index contributed by atoms with van der Waals surface area (Å²) in [4.78, 5) is 31.6. The first-order chi connectivity index (χ1) is 16.5. The number of nitrogens with zero attached hydrogens (tertiary/aromatic N) is 3. The van der Waals surface area contributed by atoms with Gasteiger partial charge in [0.25, 0.3) is 11.8 Å². The molecule has 1 N–H and O–H groups in total. The molecule has 176 valence electrons. The average Bonchev–Trinajstić information content (AvgIpc) is 3.61. The lowest BCUT2D eigenvalue weighted by molar-refractivity contribution is 0.0739. The van der Waals surface area contributed by atoms with E-state index < -0.39 is 0 Å². The van der Waals surface area contributed by atoms with E-state index in [2.05, 4.69) is 10.3 Å². The Morgan fingerprint density at radius 2 is 2.00 bits per heavy atom. The van der Waals surface area contributed by atoms with Gasteiger partial charge in [-0.05, 0) is 55.0 Å². The standard InChI is InChI=1S/C25H25FN4O3S/c1-2-11-30(25(32)18-7-9-19(26)10-8-18)15-20-5-3-12-29(20)16-23-28-22(17-34-23)24(31)27-14-21-6-4-13-33-21/h3-10,12-13,17H,2,11,14-16H2,1H3,(H,27,31). The number of hydrogen-bond acceptors (Lipinski definition) is 5. The molecular formula is C25H25FN4O3S. The van der Waals surface area contributed by atoms with Crippen LogP contribution in [0.5, 0.6) is 0 Å². The Balaban J connectivity index is 1.41. The fraction of sp³-hybridized carbons (Fsp3) is 0.240. The zero-order valence-electron chi connectivity index (χ0n) is 18.7. The highest BCUT2D eigenvalue weighted by Gasteiger charge is 2.18. The molecule has 34 heavy (non-hydrogen) atoms. The van der Waals surface area contributed by atoms with Gasteiger partial charge in [0, 0.05) is 29.4 Å². The molecular weight excluding hydrogens is 455 g/mol. The van der Waals surface area contributed by atoms with Crippen LogP contribution in [0.2, 0.25) is 0 Å². The number of amides is 2. The Labute approximate surface area is 200 Å². The average molecular weight is 481 g/mol. The number of rotatable bonds is 10. The van der Waals surface area contributed by atoms with Crippen molar-refractivity contribution in [3.8, 4) is 0 Å². The Morgan fingerprint density at radius 1 is 1.18 bits per heavy atom. The zero-order chi connectivity index (χ0) is 23.9. The van der Waals surface area contributed by atoms with E-state index in [9.17, 15) is 14.0 Å². The van der Waals surface area contributed by atoms with Crippen molar-refractivity contribution in [2.24, 2.45) is 0 Å². The van der Waals surface area contributed by atoms with Crippen molar-refractivity contribution < 1.29 is 18.4 Å². The third-order valence-corrected chi connectivity index (χ3v) is 6.08. The van der Waals surface area contributed by atoms with Gasteiger partial charge in [0.2, 0.25) is 0 Å². The molecule has 0 unspecified atom stereocenters. The first-order valence-corrected chi connectivity index (χ1v) is 11.8. The number of hydrogen-bond donors (Lipinski definition) is 1. The van der Waals surface area contributed by atoms with E-state index in [1.54, 1.807) is 28.7 Å². The Morgan fingerprint density at radius 3 is 2.74 bits per heavy atom. The molecule has 0 saturated heterocycles. The van der Waals surface area contributed by atoms with Gasteiger partial charge in [-0.3, -0.25) is 9.59 Å². The topological polar surface area (TPSA) is 80.4 Å². The number of carbonyl (C=O) groups is 2. The maximum absolute atomic E-state index is 13.3. The molecule has 0 fully saturated rings. The van der Waals surface area contributed by atoms with Gasteiger partial charge in [0.05, 0.1) is 25.9 Å². The van der Waals surface area contributed by atoms with E-state index in [0.717, 1.165) is 17.1 Å². The molecule has 0 spiro atoms. The Hall–Kier alpha value is -3.72. The van der Waals surface area contributed by atoms with Gasteiger partial charge in [-0.1, -0.05) is 6.92 Å². The summed E-state index contributed by atoms with van der Waals surface area (Å²) in [5.74, 6) is -0.0949. The number of aromatic nitrogens is 2. The van der Waals surface area contributed by atoms with Crippen molar-refractivity contribution in [3.63, 3.8) is 0 Å². The van der Waals surface area contributed by atoms with Crippen molar-refractivity contribution in [3.05, 3.63) is 99.9 Å². The second kappa shape index (κ2) is 10.9. The van der Waals surface area contributed by atoms with Crippen molar-refractivity contribution in [2.75, 3.05) is 6.54 Å². The minimum absolute atomic E-state index is 0.139. The van der Waals surface area contributed by atoms with Crippen LogP contribution in [0.4, 0.5) is 4.39 Å². The molecule has 4 rings (SSSR count). The lowest BCUT2D eigenvalue weighted by atomic mass is 10.2. The van der Waals surface area contributed by atoms with E-state index in [-0.39, 0.29) is 17.6 Å². The number of nitrogens with one attached hydrogen (secondary N) is 1. The van der Waals surface area contributed by atoms with E-state index in [4.69, 9.17) is 4.42 Å². The molecule has 0 bridgehead atoms. The Bertz CT molecular complexity index is 1230. The van der Waals surface area contributed by atoms with Crippen LogP contribution in [-0.2, 0) is 19.6 Å². The highest BCUT2D eigenvalue weighted by Crippen LogP contribution is 2.17. The first-order valence-electron chi connectivity index (χ1n) is 11.0. The quantitative estimate of drug-likeness (QED) is 0.357. The van der Waals surface area contributed by atoms with Crippen molar-refractivity contribution in [2.45, 2.75) is 33.0 Å². The van der Waals surface area contributed by atoms with Crippen LogP contribution in [0.1, 0.15) is 50.7 Å². The summed E-state index contributed by atoms with van der Waals surface area (Å²) in [6, 6.07) is 13.1. The molecule has 3 heterocycles. The summed E-state index contributed by atoms with van der Waals surface area (Å²) < 4.78 is 20.5. The molecule has 7 nitrogen and oxygen atoms in total. The van der Waals surface area contributed by atoms with Crippen LogP contribution in [0.25, 0.3) is 0 Å². The highest BCUT2D eigenvalue weighted by molar-refractivity contribution is 7.09. The largest absolute Gasteiger partial charge is 0.467 e. The van der Waals surface area contributed by atoms with Gasteiger partial charge in [-0.25, -0.2) is 9.37 Å². The lowest BCUT2D eigenvalue weighted by Gasteiger charge is -2.23. The number of benzene rings is 1. The van der Waals surface area contributed by atoms with Gasteiger partial charge in [0.15, 0.2) is 0 Å². The molecule has 0 atom stereocenters. The predicted molar refractivity (Wildman–Crippen MR) is 127 cm³/mol. The normalized spacial score (nSPS) is 10.9. The van der Waals surface area contributed by atoms with Gasteiger partial charge in [0.1, 0.15) is 22.3 Å². The number of thiazole rings is 1. The molecule has 0 saturated carbocycles. The predicted octanol–water partition coefficient (Wildman–Crippen LogP) is 4.71. The summed E-state index contributed by atoms with van der Waals surface area (Å²) in [6.45, 7) is 3.80. The second-order valence-corrected chi connectivity index (χ2v) is 8.69. The number of halogens is 1. The van der Waals surface area contributed by atoms with E-state index in [1.807, 2.05) is 29.8 Å². The van der Waals surface area contributed by atoms with Gasteiger partial charge in [-0.15, -0.1) is 11.3 Å². The van der Waals surface area contributed by atoms with E-state index in [0.29, 0.717) is 43.2 Å². The Kier molecular flexibility index (Phi) is 7.54. The lowest BCUT2D eigenvalue weighted by Crippen LogP contribution is -2.32. The smallest absolute Gasteiger partial charge is 0.271 e. The summed E-state index contributed by atoms with van der Waals surface area (Å²) in [6.07, 6.45) is 4.29. The minimum atomic E-state index is -0.370. The summed E-state index contributed by atoms with van der Waals surface area (Å²) in [5.41, 5.74) is 1.76. The first kappa shape index (κ1) is 23.4. The van der Waals surface area contributed by atoms with Gasteiger partial charge >= 0.3 is 0 Å². The highest BCUT2D eigenvalue weighted by atomic mass is 32.1. The number of carbonyl (C=O) groups excluding carboxylic acids is 2. The molecule has 0 radical (unpaired) electrons. The maximum Gasteiger partial charge on any atom is 0.271 e. The third-order valence-electron chi connectivity index (χ3n) is 5.24. The molecule has 3 aromatic heterocycles.